The van der Waals surface area contributed by atoms with Gasteiger partial charge in [0.05, 0.1) is 24.3 Å². The third-order valence-electron chi connectivity index (χ3n) is 4.06. The van der Waals surface area contributed by atoms with Gasteiger partial charge < -0.3 is 15.7 Å². The van der Waals surface area contributed by atoms with Gasteiger partial charge in [-0.25, -0.2) is 9.78 Å². The van der Waals surface area contributed by atoms with Crippen LogP contribution >= 0.6 is 0 Å². The topological polar surface area (TPSA) is 105 Å². The minimum Gasteiger partial charge on any atom is -0.465 e. The van der Waals surface area contributed by atoms with Crippen LogP contribution in [-0.2, 0) is 7.05 Å². The highest BCUT2D eigenvalue weighted by atomic mass is 16.4. The second-order valence-corrected chi connectivity index (χ2v) is 5.83. The van der Waals surface area contributed by atoms with Crippen LogP contribution in [-0.4, -0.2) is 43.0 Å². The van der Waals surface area contributed by atoms with E-state index >= 15 is 0 Å². The van der Waals surface area contributed by atoms with Crippen molar-refractivity contribution in [1.29, 1.82) is 0 Å². The Hall–Kier alpha value is -2.64. The van der Waals surface area contributed by atoms with Crippen molar-refractivity contribution in [2.75, 3.05) is 5.32 Å². The van der Waals surface area contributed by atoms with E-state index in [2.05, 4.69) is 25.7 Å². The second-order valence-electron chi connectivity index (χ2n) is 5.83. The Morgan fingerprint density at radius 1 is 1.17 bits per heavy atom. The van der Waals surface area contributed by atoms with Gasteiger partial charge in [0.1, 0.15) is 5.82 Å². The number of aromatic nitrogens is 4. The molecule has 1 aliphatic rings. The first-order valence-corrected chi connectivity index (χ1v) is 7.67. The molecule has 0 atom stereocenters. The molecule has 2 aromatic heterocycles. The average Bonchev–Trinajstić information content (AvgIpc) is 2.96. The molecule has 0 radical (unpaired) electrons. The normalized spacial score (nSPS) is 20.9. The largest absolute Gasteiger partial charge is 0.465 e. The molecule has 23 heavy (non-hydrogen) atoms. The summed E-state index contributed by atoms with van der Waals surface area (Å²) in [5.41, 5.74) is 1.73. The molecular formula is C15H20N6O2. The Bertz CT molecular complexity index is 661. The maximum atomic E-state index is 10.6. The van der Waals surface area contributed by atoms with Crippen molar-refractivity contribution >= 4 is 11.9 Å². The van der Waals surface area contributed by atoms with Gasteiger partial charge in [-0.1, -0.05) is 0 Å². The number of nitrogens with one attached hydrogen (secondary N) is 2. The minimum atomic E-state index is -0.946. The van der Waals surface area contributed by atoms with E-state index in [1.165, 1.54) is 0 Å². The Balaban J connectivity index is 1.54. The van der Waals surface area contributed by atoms with Crippen molar-refractivity contribution in [2.24, 2.45) is 7.05 Å². The van der Waals surface area contributed by atoms with E-state index < -0.39 is 6.09 Å². The molecule has 1 aliphatic carbocycles. The summed E-state index contributed by atoms with van der Waals surface area (Å²) in [6, 6.07) is 0.366. The molecule has 0 saturated heterocycles. The van der Waals surface area contributed by atoms with Crippen LogP contribution in [0.15, 0.2) is 24.8 Å². The number of carboxylic acid groups (broad SMARTS) is 1. The second kappa shape index (κ2) is 6.64. The molecule has 0 bridgehead atoms. The lowest BCUT2D eigenvalue weighted by Gasteiger charge is -2.29. The van der Waals surface area contributed by atoms with Gasteiger partial charge in [-0.05, 0) is 25.7 Å². The molecule has 0 unspecified atom stereocenters. The fraction of sp³-hybridized carbons (Fsp3) is 0.467. The van der Waals surface area contributed by atoms with Gasteiger partial charge in [0, 0.05) is 30.9 Å². The number of hydrogen-bond acceptors (Lipinski definition) is 5. The predicted molar refractivity (Wildman–Crippen MR) is 85.1 cm³/mol. The number of anilines is 1. The van der Waals surface area contributed by atoms with Crippen LogP contribution in [0.5, 0.6) is 0 Å². The number of aryl methyl sites for hydroxylation is 1. The van der Waals surface area contributed by atoms with Gasteiger partial charge >= 0.3 is 6.09 Å². The molecule has 1 saturated carbocycles. The zero-order valence-corrected chi connectivity index (χ0v) is 12.9. The van der Waals surface area contributed by atoms with Gasteiger partial charge in [-0.2, -0.15) is 5.10 Å². The minimum absolute atomic E-state index is 0.0598. The van der Waals surface area contributed by atoms with Crippen LogP contribution in [0.2, 0.25) is 0 Å². The van der Waals surface area contributed by atoms with E-state index in [0.29, 0.717) is 6.04 Å². The number of carbonyl (C=O) groups is 1. The fourth-order valence-electron chi connectivity index (χ4n) is 2.87. The van der Waals surface area contributed by atoms with Gasteiger partial charge in [0.15, 0.2) is 0 Å². The SMILES string of the molecule is Cn1cc(-c2cnc(N[C@H]3CC[C@H](NC(=O)O)CC3)cn2)cn1. The molecule has 0 aromatic carbocycles. The molecule has 122 valence electrons. The molecule has 1 amide bonds. The number of amides is 1. The van der Waals surface area contributed by atoms with Crippen molar-refractivity contribution in [2.45, 2.75) is 37.8 Å². The lowest BCUT2D eigenvalue weighted by atomic mass is 9.91. The number of nitrogens with zero attached hydrogens (tertiary/aromatic N) is 4. The zero-order valence-electron chi connectivity index (χ0n) is 12.9. The summed E-state index contributed by atoms with van der Waals surface area (Å²) >= 11 is 0. The van der Waals surface area contributed by atoms with E-state index in [-0.39, 0.29) is 6.04 Å². The van der Waals surface area contributed by atoms with E-state index in [1.54, 1.807) is 23.3 Å². The summed E-state index contributed by atoms with van der Waals surface area (Å²) in [5.74, 6) is 0.743. The highest BCUT2D eigenvalue weighted by Gasteiger charge is 2.22. The van der Waals surface area contributed by atoms with Gasteiger partial charge in [0.25, 0.3) is 0 Å². The van der Waals surface area contributed by atoms with Crippen molar-refractivity contribution < 1.29 is 9.90 Å². The van der Waals surface area contributed by atoms with E-state index in [9.17, 15) is 4.79 Å². The van der Waals surface area contributed by atoms with Gasteiger partial charge in [-0.3, -0.25) is 9.67 Å². The maximum absolute atomic E-state index is 10.6. The van der Waals surface area contributed by atoms with Crippen molar-refractivity contribution in [1.82, 2.24) is 25.1 Å². The van der Waals surface area contributed by atoms with Gasteiger partial charge in [-0.15, -0.1) is 0 Å². The van der Waals surface area contributed by atoms with Crippen LogP contribution in [0.4, 0.5) is 10.6 Å². The van der Waals surface area contributed by atoms with Crippen LogP contribution in [0, 0.1) is 0 Å². The van der Waals surface area contributed by atoms with Crippen LogP contribution in [0.1, 0.15) is 25.7 Å². The van der Waals surface area contributed by atoms with Gasteiger partial charge in [0.2, 0.25) is 0 Å². The Morgan fingerprint density at radius 3 is 2.48 bits per heavy atom. The summed E-state index contributed by atoms with van der Waals surface area (Å²) in [6.07, 6.45) is 9.67. The molecule has 3 N–H and O–H groups in total. The summed E-state index contributed by atoms with van der Waals surface area (Å²) in [7, 11) is 1.86. The first-order chi connectivity index (χ1) is 11.1. The lowest BCUT2D eigenvalue weighted by Crippen LogP contribution is -2.39. The molecule has 0 aliphatic heterocycles. The average molecular weight is 316 g/mol. The maximum Gasteiger partial charge on any atom is 0.404 e. The number of hydrogen-bond donors (Lipinski definition) is 3. The molecule has 1 fully saturated rings. The first kappa shape index (κ1) is 15.3. The van der Waals surface area contributed by atoms with E-state index in [4.69, 9.17) is 5.11 Å². The molecule has 8 heteroatoms. The molecule has 8 nitrogen and oxygen atoms in total. The van der Waals surface area contributed by atoms with Crippen molar-refractivity contribution in [3.63, 3.8) is 0 Å². The summed E-state index contributed by atoms with van der Waals surface area (Å²) in [6.45, 7) is 0. The molecule has 0 spiro atoms. The molecule has 2 aromatic rings. The van der Waals surface area contributed by atoms with E-state index in [1.807, 2.05) is 13.2 Å². The third-order valence-corrected chi connectivity index (χ3v) is 4.06. The van der Waals surface area contributed by atoms with E-state index in [0.717, 1.165) is 42.8 Å². The third kappa shape index (κ3) is 3.97. The molecular weight excluding hydrogens is 296 g/mol. The number of rotatable bonds is 4. The first-order valence-electron chi connectivity index (χ1n) is 7.67. The Morgan fingerprint density at radius 2 is 1.91 bits per heavy atom. The van der Waals surface area contributed by atoms with Crippen LogP contribution in [0.25, 0.3) is 11.3 Å². The summed E-state index contributed by atoms with van der Waals surface area (Å²) in [4.78, 5) is 19.5. The Labute approximate surface area is 134 Å². The highest BCUT2D eigenvalue weighted by Crippen LogP contribution is 2.22. The highest BCUT2D eigenvalue weighted by molar-refractivity contribution is 5.64. The summed E-state index contributed by atoms with van der Waals surface area (Å²) < 4.78 is 1.73. The quantitative estimate of drug-likeness (QED) is 0.795. The Kier molecular flexibility index (Phi) is 4.40. The smallest absolute Gasteiger partial charge is 0.404 e. The lowest BCUT2D eigenvalue weighted by molar-refractivity contribution is 0.185. The van der Waals surface area contributed by atoms with Crippen LogP contribution < -0.4 is 10.6 Å². The molecule has 3 rings (SSSR count). The predicted octanol–water partition coefficient (Wildman–Crippen LogP) is 1.87. The van der Waals surface area contributed by atoms with Crippen LogP contribution in [0.3, 0.4) is 0 Å². The molecule has 2 heterocycles. The van der Waals surface area contributed by atoms with Crippen molar-refractivity contribution in [3.05, 3.63) is 24.8 Å². The standard InChI is InChI=1S/C15H20N6O2/c1-21-9-10(6-18-21)13-7-17-14(8-16-13)19-11-2-4-12(5-3-11)20-15(22)23/h6-9,11-12,20H,2-5H2,1H3,(H,17,19)(H,22,23)/t11-,12-. The summed E-state index contributed by atoms with van der Waals surface area (Å²) in [5, 5.41) is 18.8. The van der Waals surface area contributed by atoms with Crippen molar-refractivity contribution in [3.8, 4) is 11.3 Å². The fourth-order valence-corrected chi connectivity index (χ4v) is 2.87. The zero-order chi connectivity index (χ0) is 16.2. The monoisotopic (exact) mass is 316 g/mol.